The number of thiocarbonyl (C=S) groups is 1. The van der Waals surface area contributed by atoms with Gasteiger partial charge >= 0.3 is 0 Å². The van der Waals surface area contributed by atoms with Gasteiger partial charge in [0.05, 0.1) is 10.7 Å². The zero-order valence-corrected chi connectivity index (χ0v) is 17.4. The van der Waals surface area contributed by atoms with E-state index in [1.807, 2.05) is 19.1 Å². The number of alkyl halides is 3. The molecule has 0 bridgehead atoms. The maximum atomic E-state index is 12.5. The Kier molecular flexibility index (Phi) is 7.38. The topological polar surface area (TPSA) is 53.2 Å². The van der Waals surface area contributed by atoms with Crippen molar-refractivity contribution in [3.05, 3.63) is 64.7 Å². The average Bonchev–Trinajstić information content (AvgIpc) is 2.56. The lowest BCUT2D eigenvalue weighted by Gasteiger charge is -2.28. The van der Waals surface area contributed by atoms with Crippen LogP contribution < -0.4 is 16.0 Å². The van der Waals surface area contributed by atoms with Crippen molar-refractivity contribution < 1.29 is 4.79 Å². The molecule has 0 fully saturated rings. The Balaban J connectivity index is 2.10. The molecule has 138 valence electrons. The molecule has 26 heavy (non-hydrogen) atoms. The number of halogens is 4. The Morgan fingerprint density at radius 2 is 1.65 bits per heavy atom. The molecule has 0 radical (unpaired) electrons. The van der Waals surface area contributed by atoms with E-state index in [1.165, 1.54) is 0 Å². The fourth-order valence-corrected chi connectivity index (χ4v) is 2.83. The lowest BCUT2D eigenvalue weighted by Crippen LogP contribution is -2.56. The number of carbonyl (C=O) groups excluding carboxylic acids is 1. The average molecular weight is 451 g/mol. The molecule has 0 heterocycles. The number of hydrogen-bond donors (Lipinski definition) is 3. The van der Waals surface area contributed by atoms with Crippen LogP contribution in [0.1, 0.15) is 15.9 Å². The van der Waals surface area contributed by atoms with Crippen molar-refractivity contribution in [2.75, 3.05) is 5.32 Å². The minimum absolute atomic E-state index is 0.138. The summed E-state index contributed by atoms with van der Waals surface area (Å²) in [7, 11) is 0. The molecule has 2 aromatic rings. The third-order valence-electron chi connectivity index (χ3n) is 3.39. The lowest BCUT2D eigenvalue weighted by atomic mass is 10.1. The SMILES string of the molecule is Cc1ccccc1C(=O)N[C@H](NC(=S)Nc1ccccc1Cl)C(Cl)(Cl)Cl. The smallest absolute Gasteiger partial charge is 0.253 e. The van der Waals surface area contributed by atoms with Crippen molar-refractivity contribution in [2.24, 2.45) is 0 Å². The molecule has 4 nitrogen and oxygen atoms in total. The Hall–Kier alpha value is -1.24. The number of hydrogen-bond acceptors (Lipinski definition) is 2. The van der Waals surface area contributed by atoms with Crippen LogP contribution in [0.4, 0.5) is 5.69 Å². The van der Waals surface area contributed by atoms with Gasteiger partial charge in [-0.3, -0.25) is 4.79 Å². The van der Waals surface area contributed by atoms with E-state index in [4.69, 9.17) is 58.6 Å². The second-order valence-electron chi connectivity index (χ2n) is 5.34. The van der Waals surface area contributed by atoms with E-state index in [0.717, 1.165) is 5.56 Å². The summed E-state index contributed by atoms with van der Waals surface area (Å²) < 4.78 is -1.84. The van der Waals surface area contributed by atoms with Crippen molar-refractivity contribution in [1.82, 2.24) is 10.6 Å². The van der Waals surface area contributed by atoms with Crippen LogP contribution in [0.2, 0.25) is 5.02 Å². The molecule has 0 aliphatic rings. The first kappa shape index (κ1) is 21.1. The Morgan fingerprint density at radius 1 is 1.04 bits per heavy atom. The van der Waals surface area contributed by atoms with Crippen LogP contribution in [-0.4, -0.2) is 21.0 Å². The highest BCUT2D eigenvalue weighted by atomic mass is 35.6. The van der Waals surface area contributed by atoms with Crippen LogP contribution in [0.3, 0.4) is 0 Å². The predicted molar refractivity (Wildman–Crippen MR) is 114 cm³/mol. The maximum absolute atomic E-state index is 12.5. The highest BCUT2D eigenvalue weighted by Gasteiger charge is 2.35. The number of benzene rings is 2. The molecule has 0 spiro atoms. The Bertz CT molecular complexity index is 811. The van der Waals surface area contributed by atoms with Gasteiger partial charge in [0.1, 0.15) is 6.17 Å². The minimum Gasteiger partial charge on any atom is -0.339 e. The molecule has 3 N–H and O–H groups in total. The monoisotopic (exact) mass is 449 g/mol. The van der Waals surface area contributed by atoms with E-state index in [9.17, 15) is 4.79 Å². The highest BCUT2D eigenvalue weighted by molar-refractivity contribution is 7.80. The zero-order valence-electron chi connectivity index (χ0n) is 13.5. The van der Waals surface area contributed by atoms with E-state index in [2.05, 4.69) is 16.0 Å². The lowest BCUT2D eigenvalue weighted by molar-refractivity contribution is 0.0934. The van der Waals surface area contributed by atoms with E-state index in [-0.39, 0.29) is 5.11 Å². The molecule has 2 rings (SSSR count). The molecule has 1 amide bonds. The predicted octanol–water partition coefficient (Wildman–Crippen LogP) is 5.06. The van der Waals surface area contributed by atoms with Crippen molar-refractivity contribution in [3.8, 4) is 0 Å². The third-order valence-corrected chi connectivity index (χ3v) is 4.59. The second kappa shape index (κ2) is 9.11. The summed E-state index contributed by atoms with van der Waals surface area (Å²) in [6.07, 6.45) is -1.07. The van der Waals surface area contributed by atoms with Gasteiger partial charge in [0.25, 0.3) is 5.91 Å². The summed E-state index contributed by atoms with van der Waals surface area (Å²) in [6, 6.07) is 14.1. The third kappa shape index (κ3) is 5.89. The van der Waals surface area contributed by atoms with Gasteiger partial charge in [-0.05, 0) is 42.9 Å². The fraction of sp³-hybridized carbons (Fsp3) is 0.176. The molecule has 0 unspecified atom stereocenters. The number of aryl methyl sites for hydroxylation is 1. The fourth-order valence-electron chi connectivity index (χ4n) is 2.09. The Morgan fingerprint density at radius 3 is 2.27 bits per heavy atom. The molecule has 0 aliphatic carbocycles. The van der Waals surface area contributed by atoms with Gasteiger partial charge in [-0.1, -0.05) is 76.7 Å². The molecular weight excluding hydrogens is 436 g/mol. The first-order valence-corrected chi connectivity index (χ1v) is 9.36. The zero-order chi connectivity index (χ0) is 19.3. The molecule has 0 aliphatic heterocycles. The molecule has 1 atom stereocenters. The van der Waals surface area contributed by atoms with Crippen molar-refractivity contribution in [1.29, 1.82) is 0 Å². The second-order valence-corrected chi connectivity index (χ2v) is 8.53. The van der Waals surface area contributed by atoms with Crippen molar-refractivity contribution in [2.45, 2.75) is 16.9 Å². The Labute approximate surface area is 177 Å². The molecule has 2 aromatic carbocycles. The molecule has 0 aromatic heterocycles. The van der Waals surface area contributed by atoms with Gasteiger partial charge in [-0.25, -0.2) is 0 Å². The summed E-state index contributed by atoms with van der Waals surface area (Å²) in [4.78, 5) is 12.5. The summed E-state index contributed by atoms with van der Waals surface area (Å²) in [6.45, 7) is 1.82. The van der Waals surface area contributed by atoms with E-state index in [1.54, 1.807) is 36.4 Å². The highest BCUT2D eigenvalue weighted by Crippen LogP contribution is 2.29. The number of amides is 1. The van der Waals surface area contributed by atoms with Crippen LogP contribution in [0, 0.1) is 6.92 Å². The van der Waals surface area contributed by atoms with Crippen LogP contribution in [0.25, 0.3) is 0 Å². The molecular formula is C17H15Cl4N3OS. The van der Waals surface area contributed by atoms with Gasteiger partial charge < -0.3 is 16.0 Å². The van der Waals surface area contributed by atoms with E-state index in [0.29, 0.717) is 16.3 Å². The van der Waals surface area contributed by atoms with Crippen LogP contribution in [-0.2, 0) is 0 Å². The van der Waals surface area contributed by atoms with E-state index >= 15 is 0 Å². The van der Waals surface area contributed by atoms with E-state index < -0.39 is 15.9 Å². The van der Waals surface area contributed by atoms with Gasteiger partial charge in [-0.15, -0.1) is 0 Å². The summed E-state index contributed by atoms with van der Waals surface area (Å²) in [5, 5.41) is 8.94. The van der Waals surface area contributed by atoms with Gasteiger partial charge in [0.15, 0.2) is 5.11 Å². The minimum atomic E-state index is -1.84. The van der Waals surface area contributed by atoms with Crippen LogP contribution in [0.15, 0.2) is 48.5 Å². The standard InChI is InChI=1S/C17H15Cl4N3OS/c1-10-6-2-3-7-11(10)14(25)23-15(17(19,20)21)24-16(26)22-13-9-5-4-8-12(13)18/h2-9,15H,1H3,(H,23,25)(H2,22,24,26)/t15-/m1/s1. The number of rotatable bonds is 4. The molecule has 0 saturated heterocycles. The summed E-state index contributed by atoms with van der Waals surface area (Å²) in [5.41, 5.74) is 1.85. The van der Waals surface area contributed by atoms with Crippen LogP contribution >= 0.6 is 58.6 Å². The van der Waals surface area contributed by atoms with Crippen LogP contribution in [0.5, 0.6) is 0 Å². The first-order chi connectivity index (χ1) is 12.2. The number of carbonyl (C=O) groups is 1. The molecule has 9 heteroatoms. The number of para-hydroxylation sites is 1. The van der Waals surface area contributed by atoms with Crippen molar-refractivity contribution in [3.63, 3.8) is 0 Å². The normalized spacial score (nSPS) is 12.2. The van der Waals surface area contributed by atoms with Gasteiger partial charge in [-0.2, -0.15) is 0 Å². The van der Waals surface area contributed by atoms with Gasteiger partial charge in [0, 0.05) is 5.56 Å². The number of anilines is 1. The molecule has 0 saturated carbocycles. The summed E-state index contributed by atoms with van der Waals surface area (Å²) >= 11 is 29.3. The quantitative estimate of drug-likeness (QED) is 0.346. The largest absolute Gasteiger partial charge is 0.339 e. The first-order valence-electron chi connectivity index (χ1n) is 7.43. The van der Waals surface area contributed by atoms with Gasteiger partial charge in [0.2, 0.25) is 3.79 Å². The summed E-state index contributed by atoms with van der Waals surface area (Å²) in [5.74, 6) is -0.396. The van der Waals surface area contributed by atoms with Crippen molar-refractivity contribution >= 4 is 75.3 Å². The number of nitrogens with one attached hydrogen (secondary N) is 3. The maximum Gasteiger partial charge on any atom is 0.253 e.